The quantitative estimate of drug-likeness (QED) is 0.772. The van der Waals surface area contributed by atoms with Crippen molar-refractivity contribution in [2.75, 3.05) is 5.75 Å². The molecule has 0 radical (unpaired) electrons. The number of aromatic nitrogens is 2. The number of rotatable bonds is 5. The summed E-state index contributed by atoms with van der Waals surface area (Å²) in [6.45, 7) is 2.22. The van der Waals surface area contributed by atoms with Crippen molar-refractivity contribution in [1.82, 2.24) is 10.2 Å². The monoisotopic (exact) mass is 320 g/mol. The van der Waals surface area contributed by atoms with E-state index >= 15 is 0 Å². The predicted octanol–water partition coefficient (Wildman–Crippen LogP) is 4.25. The van der Waals surface area contributed by atoms with Crippen molar-refractivity contribution >= 4 is 23.1 Å². The van der Waals surface area contributed by atoms with Crippen molar-refractivity contribution in [2.45, 2.75) is 24.0 Å². The van der Waals surface area contributed by atoms with Crippen molar-refractivity contribution < 1.29 is 17.9 Å². The number of hydrogen-bond acceptors (Lipinski definition) is 5. The zero-order chi connectivity index (χ0) is 14.6. The fraction of sp³-hybridized carbons (Fsp3) is 0.333. The Labute approximate surface area is 122 Å². The molecule has 0 N–H and O–H groups in total. The van der Waals surface area contributed by atoms with Gasteiger partial charge in [0.25, 0.3) is 0 Å². The Morgan fingerprint density at radius 2 is 1.90 bits per heavy atom. The molecule has 0 atom stereocenters. The van der Waals surface area contributed by atoms with E-state index in [0.717, 1.165) is 22.2 Å². The molecule has 0 bridgehead atoms. The normalized spacial score (nSPS) is 11.6. The lowest BCUT2D eigenvalue weighted by molar-refractivity contribution is -0.137. The molecule has 1 aromatic carbocycles. The van der Waals surface area contributed by atoms with Crippen molar-refractivity contribution in [3.8, 4) is 5.75 Å². The van der Waals surface area contributed by atoms with E-state index in [-0.39, 0.29) is 6.61 Å². The van der Waals surface area contributed by atoms with Gasteiger partial charge in [-0.05, 0) is 30.0 Å². The molecule has 0 aliphatic heterocycles. The highest BCUT2D eigenvalue weighted by atomic mass is 32.2. The highest BCUT2D eigenvalue weighted by molar-refractivity contribution is 8.00. The van der Waals surface area contributed by atoms with E-state index in [2.05, 4.69) is 10.2 Å². The summed E-state index contributed by atoms with van der Waals surface area (Å²) < 4.78 is 43.4. The van der Waals surface area contributed by atoms with Gasteiger partial charge in [0.05, 0.1) is 5.56 Å². The lowest BCUT2D eigenvalue weighted by Crippen LogP contribution is -2.04. The van der Waals surface area contributed by atoms with Crippen LogP contribution in [-0.4, -0.2) is 16.0 Å². The van der Waals surface area contributed by atoms with Gasteiger partial charge in [-0.3, -0.25) is 0 Å². The highest BCUT2D eigenvalue weighted by Gasteiger charge is 2.30. The molecule has 0 aliphatic carbocycles. The van der Waals surface area contributed by atoms with Crippen molar-refractivity contribution in [1.29, 1.82) is 0 Å². The van der Waals surface area contributed by atoms with Crippen LogP contribution in [0.3, 0.4) is 0 Å². The number of hydrogen-bond donors (Lipinski definition) is 0. The van der Waals surface area contributed by atoms with Gasteiger partial charge in [-0.25, -0.2) is 0 Å². The van der Waals surface area contributed by atoms with Gasteiger partial charge in [0, 0.05) is 0 Å². The molecule has 108 valence electrons. The van der Waals surface area contributed by atoms with Crippen LogP contribution in [0.5, 0.6) is 5.75 Å². The number of benzene rings is 1. The summed E-state index contributed by atoms with van der Waals surface area (Å²) in [5.41, 5.74) is -0.692. The number of nitrogens with zero attached hydrogens (tertiary/aromatic N) is 2. The molecule has 0 saturated heterocycles. The zero-order valence-corrected chi connectivity index (χ0v) is 12.1. The summed E-state index contributed by atoms with van der Waals surface area (Å²) in [7, 11) is 0. The molecule has 1 aromatic heterocycles. The van der Waals surface area contributed by atoms with E-state index < -0.39 is 11.7 Å². The van der Waals surface area contributed by atoms with Crippen LogP contribution in [0.4, 0.5) is 13.2 Å². The van der Waals surface area contributed by atoms with Crippen LogP contribution in [0.2, 0.25) is 0 Å². The largest absolute Gasteiger partial charge is 0.486 e. The lowest BCUT2D eigenvalue weighted by atomic mass is 10.2. The van der Waals surface area contributed by atoms with E-state index in [0.29, 0.717) is 10.8 Å². The first kappa shape index (κ1) is 15.1. The van der Waals surface area contributed by atoms with E-state index in [1.54, 1.807) is 11.8 Å². The third-order valence-corrected chi connectivity index (χ3v) is 4.17. The highest BCUT2D eigenvalue weighted by Crippen LogP contribution is 2.30. The topological polar surface area (TPSA) is 35.0 Å². The first-order chi connectivity index (χ1) is 9.49. The first-order valence-electron chi connectivity index (χ1n) is 5.74. The second-order valence-corrected chi connectivity index (χ2v) is 6.28. The Kier molecular flexibility index (Phi) is 4.87. The molecule has 8 heteroatoms. The van der Waals surface area contributed by atoms with E-state index in [4.69, 9.17) is 4.74 Å². The minimum absolute atomic E-state index is 0.202. The van der Waals surface area contributed by atoms with Gasteiger partial charge in [0.1, 0.15) is 12.4 Å². The second kappa shape index (κ2) is 6.45. The maximum absolute atomic E-state index is 12.4. The van der Waals surface area contributed by atoms with Crippen molar-refractivity contribution in [3.05, 3.63) is 34.8 Å². The minimum Gasteiger partial charge on any atom is -0.486 e. The van der Waals surface area contributed by atoms with Crippen LogP contribution >= 0.6 is 23.1 Å². The SMILES string of the molecule is CCSc1nnc(COc2ccc(C(F)(F)F)cc2)s1. The zero-order valence-electron chi connectivity index (χ0n) is 10.5. The molecule has 20 heavy (non-hydrogen) atoms. The molecule has 0 aliphatic rings. The summed E-state index contributed by atoms with van der Waals surface area (Å²) in [5, 5.41) is 8.61. The number of alkyl halides is 3. The van der Waals surface area contributed by atoms with E-state index in [9.17, 15) is 13.2 Å². The Bertz CT molecular complexity index is 555. The maximum atomic E-state index is 12.4. The van der Waals surface area contributed by atoms with Crippen LogP contribution in [0.1, 0.15) is 17.5 Å². The second-order valence-electron chi connectivity index (χ2n) is 3.71. The summed E-state index contributed by atoms with van der Waals surface area (Å²) >= 11 is 3.01. The fourth-order valence-electron chi connectivity index (χ4n) is 1.36. The summed E-state index contributed by atoms with van der Waals surface area (Å²) in [4.78, 5) is 0. The third-order valence-electron chi connectivity index (χ3n) is 2.26. The molecule has 0 spiro atoms. The van der Waals surface area contributed by atoms with Crippen LogP contribution < -0.4 is 4.74 Å². The summed E-state index contributed by atoms with van der Waals surface area (Å²) in [6, 6.07) is 4.58. The van der Waals surface area contributed by atoms with Gasteiger partial charge in [-0.1, -0.05) is 30.0 Å². The Balaban J connectivity index is 1.93. The van der Waals surface area contributed by atoms with Crippen LogP contribution in [0.15, 0.2) is 28.6 Å². The number of ether oxygens (including phenoxy) is 1. The third kappa shape index (κ3) is 4.11. The summed E-state index contributed by atoms with van der Waals surface area (Å²) in [6.07, 6.45) is -4.33. The predicted molar refractivity (Wildman–Crippen MR) is 72.1 cm³/mol. The molecule has 0 saturated carbocycles. The molecule has 3 nitrogen and oxygen atoms in total. The van der Waals surface area contributed by atoms with E-state index in [1.165, 1.54) is 23.5 Å². The number of thioether (sulfide) groups is 1. The van der Waals surface area contributed by atoms with E-state index in [1.807, 2.05) is 6.92 Å². The maximum Gasteiger partial charge on any atom is 0.416 e. The van der Waals surface area contributed by atoms with Crippen molar-refractivity contribution in [2.24, 2.45) is 0 Å². The molecule has 1 heterocycles. The van der Waals surface area contributed by atoms with Gasteiger partial charge >= 0.3 is 6.18 Å². The van der Waals surface area contributed by atoms with Crippen LogP contribution in [-0.2, 0) is 12.8 Å². The van der Waals surface area contributed by atoms with Gasteiger partial charge in [-0.15, -0.1) is 10.2 Å². The molecule has 2 rings (SSSR count). The van der Waals surface area contributed by atoms with Crippen LogP contribution in [0.25, 0.3) is 0 Å². The standard InChI is InChI=1S/C12H11F3N2OS2/c1-2-19-11-17-16-10(20-11)7-18-9-5-3-8(4-6-9)12(13,14)15/h3-6H,2,7H2,1H3. The van der Waals surface area contributed by atoms with Crippen LogP contribution in [0, 0.1) is 0 Å². The molecular weight excluding hydrogens is 309 g/mol. The number of halogens is 3. The van der Waals surface area contributed by atoms with Gasteiger partial charge in [-0.2, -0.15) is 13.2 Å². The average Bonchev–Trinajstić information content (AvgIpc) is 2.84. The smallest absolute Gasteiger partial charge is 0.416 e. The van der Waals surface area contributed by atoms with Crippen molar-refractivity contribution in [3.63, 3.8) is 0 Å². The molecule has 2 aromatic rings. The molecule has 0 unspecified atom stereocenters. The van der Waals surface area contributed by atoms with Gasteiger partial charge in [0.2, 0.25) is 0 Å². The van der Waals surface area contributed by atoms with Gasteiger partial charge in [0.15, 0.2) is 9.35 Å². The fourth-order valence-corrected chi connectivity index (χ4v) is 3.07. The molecular formula is C12H11F3N2OS2. The average molecular weight is 320 g/mol. The Morgan fingerprint density at radius 1 is 1.20 bits per heavy atom. The van der Waals surface area contributed by atoms with Gasteiger partial charge < -0.3 is 4.74 Å². The summed E-state index contributed by atoms with van der Waals surface area (Å²) in [5.74, 6) is 1.28. The molecule has 0 amide bonds. The first-order valence-corrected chi connectivity index (χ1v) is 7.54. The Morgan fingerprint density at radius 3 is 2.50 bits per heavy atom. The molecule has 0 fully saturated rings. The Hall–Kier alpha value is -1.28. The minimum atomic E-state index is -4.33. The lowest BCUT2D eigenvalue weighted by Gasteiger charge is -2.08.